The molecule has 2 aromatic rings. The number of hydrogen-bond donors (Lipinski definition) is 0. The summed E-state index contributed by atoms with van der Waals surface area (Å²) in [5.74, 6) is 0. The van der Waals surface area contributed by atoms with Crippen LogP contribution >= 0.6 is 23.2 Å². The van der Waals surface area contributed by atoms with E-state index in [0.29, 0.717) is 10.5 Å². The molecular weight excluding hydrogens is 296 g/mol. The summed E-state index contributed by atoms with van der Waals surface area (Å²) in [6, 6.07) is 1.32. The number of nitro groups is 1. The molecule has 0 aliphatic heterocycles. The molecule has 0 aliphatic rings. The van der Waals surface area contributed by atoms with Crippen molar-refractivity contribution in [3.8, 4) is 0 Å². The summed E-state index contributed by atoms with van der Waals surface area (Å²) in [6.45, 7) is 0. The van der Waals surface area contributed by atoms with Crippen molar-refractivity contribution >= 4 is 54.9 Å². The number of halogens is 2. The average molecular weight is 297 g/mol. The number of fused-ring (bicyclic) bond motifs is 1. The molecule has 72 valence electrons. The van der Waals surface area contributed by atoms with Crippen molar-refractivity contribution in [2.45, 2.75) is 0 Å². The molecule has 8 heteroatoms. The van der Waals surface area contributed by atoms with Gasteiger partial charge in [0.05, 0.1) is 0 Å². The standard InChI is InChI=1S/C6HCl2N3O2Se/c7-2-1-3(8)6(11(12)13)5-4(2)9-14-10-5/h1H. The van der Waals surface area contributed by atoms with Gasteiger partial charge in [-0.25, -0.2) is 0 Å². The number of aromatic nitrogens is 2. The van der Waals surface area contributed by atoms with E-state index in [0.717, 1.165) is 0 Å². The maximum atomic E-state index is 10.7. The first-order valence-corrected chi connectivity index (χ1v) is 5.64. The fraction of sp³-hybridized carbons (Fsp3) is 0. The zero-order valence-corrected chi connectivity index (χ0v) is 9.62. The van der Waals surface area contributed by atoms with Crippen LogP contribution in [0.15, 0.2) is 6.07 Å². The zero-order valence-electron chi connectivity index (χ0n) is 6.40. The molecule has 0 saturated heterocycles. The van der Waals surface area contributed by atoms with Gasteiger partial charge in [-0.1, -0.05) is 0 Å². The SMILES string of the molecule is O=[N+]([O-])c1c(Cl)cc(Cl)c2n[se]nc12. The molecule has 0 unspecified atom stereocenters. The Bertz CT molecular complexity index is 527. The van der Waals surface area contributed by atoms with Crippen LogP contribution in [-0.2, 0) is 0 Å². The van der Waals surface area contributed by atoms with Gasteiger partial charge >= 0.3 is 94.0 Å². The number of benzene rings is 1. The van der Waals surface area contributed by atoms with E-state index in [2.05, 4.69) is 7.96 Å². The summed E-state index contributed by atoms with van der Waals surface area (Å²) in [4.78, 5) is 10.1. The molecule has 0 spiro atoms. The van der Waals surface area contributed by atoms with Gasteiger partial charge in [0.15, 0.2) is 0 Å². The molecule has 5 nitrogen and oxygen atoms in total. The third-order valence-corrected chi connectivity index (χ3v) is 3.29. The molecule has 0 fully saturated rings. The van der Waals surface area contributed by atoms with Gasteiger partial charge in [0.2, 0.25) is 0 Å². The van der Waals surface area contributed by atoms with Crippen LogP contribution in [0.3, 0.4) is 0 Å². The maximum absolute atomic E-state index is 10.7. The van der Waals surface area contributed by atoms with Gasteiger partial charge in [-0.05, 0) is 0 Å². The summed E-state index contributed by atoms with van der Waals surface area (Å²) < 4.78 is 7.91. The number of hydrogen-bond acceptors (Lipinski definition) is 4. The molecule has 1 heterocycles. The van der Waals surface area contributed by atoms with Crippen LogP contribution in [0.4, 0.5) is 5.69 Å². The van der Waals surface area contributed by atoms with Crippen molar-refractivity contribution in [1.82, 2.24) is 7.96 Å². The normalized spacial score (nSPS) is 10.7. The Morgan fingerprint density at radius 1 is 1.29 bits per heavy atom. The van der Waals surface area contributed by atoms with Crippen LogP contribution in [0.2, 0.25) is 10.0 Å². The number of nitro benzene ring substituents is 1. The number of rotatable bonds is 1. The molecule has 0 radical (unpaired) electrons. The van der Waals surface area contributed by atoms with Crippen molar-refractivity contribution in [2.24, 2.45) is 0 Å². The van der Waals surface area contributed by atoms with Crippen molar-refractivity contribution < 1.29 is 4.92 Å². The van der Waals surface area contributed by atoms with Crippen LogP contribution in [0.25, 0.3) is 11.0 Å². The Labute approximate surface area is 94.0 Å². The predicted molar refractivity (Wildman–Crippen MR) is 53.2 cm³/mol. The van der Waals surface area contributed by atoms with Crippen molar-refractivity contribution in [1.29, 1.82) is 0 Å². The molecular formula is C6HCl2N3O2Se. The Balaban J connectivity index is 2.93. The van der Waals surface area contributed by atoms with Crippen molar-refractivity contribution in [3.63, 3.8) is 0 Å². The zero-order chi connectivity index (χ0) is 10.3. The van der Waals surface area contributed by atoms with E-state index >= 15 is 0 Å². The monoisotopic (exact) mass is 297 g/mol. The van der Waals surface area contributed by atoms with Gasteiger partial charge in [0.25, 0.3) is 0 Å². The molecule has 1 aromatic heterocycles. The molecule has 0 aliphatic carbocycles. The van der Waals surface area contributed by atoms with Gasteiger partial charge < -0.3 is 0 Å². The fourth-order valence-corrected chi connectivity index (χ4v) is 2.89. The van der Waals surface area contributed by atoms with Gasteiger partial charge in [0.1, 0.15) is 0 Å². The van der Waals surface area contributed by atoms with E-state index in [1.54, 1.807) is 0 Å². The molecule has 0 bridgehead atoms. The molecule has 1 aromatic carbocycles. The van der Waals surface area contributed by atoms with Gasteiger partial charge in [-0.15, -0.1) is 0 Å². The first-order valence-electron chi connectivity index (χ1n) is 3.36. The molecule has 0 atom stereocenters. The van der Waals surface area contributed by atoms with Crippen LogP contribution in [0.1, 0.15) is 0 Å². The van der Waals surface area contributed by atoms with E-state index < -0.39 is 4.92 Å². The van der Waals surface area contributed by atoms with Crippen LogP contribution < -0.4 is 0 Å². The van der Waals surface area contributed by atoms with E-state index in [4.69, 9.17) is 23.2 Å². The third kappa shape index (κ3) is 1.40. The second-order valence-electron chi connectivity index (χ2n) is 2.41. The summed E-state index contributed by atoms with van der Waals surface area (Å²) in [6.07, 6.45) is 0. The molecule has 0 N–H and O–H groups in total. The summed E-state index contributed by atoms with van der Waals surface area (Å²) in [5, 5.41) is 11.0. The van der Waals surface area contributed by atoms with E-state index in [1.807, 2.05) is 0 Å². The summed E-state index contributed by atoms with van der Waals surface area (Å²) in [5.41, 5.74) is 0.365. The van der Waals surface area contributed by atoms with E-state index in [9.17, 15) is 10.1 Å². The molecule has 0 saturated carbocycles. The minimum atomic E-state index is -0.572. The van der Waals surface area contributed by atoms with Crippen LogP contribution in [0, 0.1) is 10.1 Å². The second-order valence-corrected chi connectivity index (χ2v) is 4.33. The first-order chi connectivity index (χ1) is 6.61. The van der Waals surface area contributed by atoms with E-state index in [-0.39, 0.29) is 31.2 Å². The van der Waals surface area contributed by atoms with Crippen molar-refractivity contribution in [2.75, 3.05) is 0 Å². The Kier molecular flexibility index (Phi) is 2.45. The molecule has 0 amide bonds. The van der Waals surface area contributed by atoms with Gasteiger partial charge in [0, 0.05) is 0 Å². The topological polar surface area (TPSA) is 68.9 Å². The van der Waals surface area contributed by atoms with Crippen LogP contribution in [0.5, 0.6) is 0 Å². The summed E-state index contributed by atoms with van der Waals surface area (Å²) in [7, 11) is 0. The number of nitrogens with zero attached hydrogens (tertiary/aromatic N) is 3. The van der Waals surface area contributed by atoms with E-state index in [1.165, 1.54) is 6.07 Å². The average Bonchev–Trinajstić information content (AvgIpc) is 2.51. The van der Waals surface area contributed by atoms with Gasteiger partial charge in [-0.2, -0.15) is 0 Å². The second kappa shape index (κ2) is 3.47. The quantitative estimate of drug-likeness (QED) is 0.458. The first kappa shape index (κ1) is 9.86. The Morgan fingerprint density at radius 3 is 2.57 bits per heavy atom. The van der Waals surface area contributed by atoms with Crippen molar-refractivity contribution in [3.05, 3.63) is 26.2 Å². The molecule has 2 rings (SSSR count). The molecule has 14 heavy (non-hydrogen) atoms. The van der Waals surface area contributed by atoms with Crippen LogP contribution in [-0.4, -0.2) is 27.8 Å². The minimum absolute atomic E-state index is 0.00426. The predicted octanol–water partition coefficient (Wildman–Crippen LogP) is 1.90. The van der Waals surface area contributed by atoms with Gasteiger partial charge in [-0.3, -0.25) is 0 Å². The Morgan fingerprint density at radius 2 is 1.93 bits per heavy atom. The fourth-order valence-electron chi connectivity index (χ4n) is 1.04. The summed E-state index contributed by atoms with van der Waals surface area (Å²) >= 11 is 11.1. The Hall–Kier alpha value is -0.681. The third-order valence-electron chi connectivity index (χ3n) is 1.60.